The van der Waals surface area contributed by atoms with Gasteiger partial charge in [-0.05, 0) is 25.0 Å². The van der Waals surface area contributed by atoms with Crippen LogP contribution in [0.4, 0.5) is 0 Å². The quantitative estimate of drug-likeness (QED) is 0.439. The Labute approximate surface area is 163 Å². The first-order valence-electron chi connectivity index (χ1n) is 8.91. The summed E-state index contributed by atoms with van der Waals surface area (Å²) in [6, 6.07) is 8.68. The van der Waals surface area contributed by atoms with Crippen LogP contribution in [0.1, 0.15) is 43.7 Å². The number of methoxy groups -OCH3 is 1. The smallest absolute Gasteiger partial charge is 0.336 e. The average molecular weight is 382 g/mol. The predicted molar refractivity (Wildman–Crippen MR) is 101 cm³/mol. The van der Waals surface area contributed by atoms with E-state index in [0.717, 1.165) is 6.42 Å². The Morgan fingerprint density at radius 3 is 2.57 bits per heavy atom. The first-order valence-corrected chi connectivity index (χ1v) is 8.91. The molecule has 7 nitrogen and oxygen atoms in total. The Morgan fingerprint density at radius 1 is 1.25 bits per heavy atom. The number of unbranched alkanes of at least 4 members (excludes halogenated alkanes) is 1. The summed E-state index contributed by atoms with van der Waals surface area (Å²) >= 11 is 0. The van der Waals surface area contributed by atoms with Crippen molar-refractivity contribution in [1.29, 1.82) is 5.26 Å². The molecule has 28 heavy (non-hydrogen) atoms. The minimum atomic E-state index is -0.959. The second-order valence-electron chi connectivity index (χ2n) is 6.22. The summed E-state index contributed by atoms with van der Waals surface area (Å²) in [5.74, 6) is -2.33. The van der Waals surface area contributed by atoms with Gasteiger partial charge in [0.1, 0.15) is 0 Å². The molecule has 1 atom stereocenters. The van der Waals surface area contributed by atoms with Crippen LogP contribution in [0, 0.1) is 11.3 Å². The Hall–Kier alpha value is -3.40. The highest BCUT2D eigenvalue weighted by atomic mass is 16.5. The zero-order valence-corrected chi connectivity index (χ0v) is 16.1. The maximum atomic E-state index is 12.9. The van der Waals surface area contributed by atoms with Crippen molar-refractivity contribution < 1.29 is 23.9 Å². The zero-order chi connectivity index (χ0) is 20.7. The lowest BCUT2D eigenvalue weighted by Gasteiger charge is -2.30. The highest BCUT2D eigenvalue weighted by molar-refractivity contribution is 6.03. The number of ether oxygens (including phenoxy) is 2. The van der Waals surface area contributed by atoms with Crippen LogP contribution in [0.5, 0.6) is 0 Å². The first-order chi connectivity index (χ1) is 13.5. The maximum Gasteiger partial charge on any atom is 0.336 e. The van der Waals surface area contributed by atoms with Gasteiger partial charge in [-0.15, -0.1) is 0 Å². The van der Waals surface area contributed by atoms with E-state index in [1.54, 1.807) is 31.2 Å². The number of rotatable bonds is 7. The molecular formula is C21H22N2O5. The lowest BCUT2D eigenvalue weighted by atomic mass is 9.78. The van der Waals surface area contributed by atoms with Crippen molar-refractivity contribution in [3.63, 3.8) is 0 Å². The molecule has 0 saturated carbocycles. The topological polar surface area (TPSA) is 105 Å². The molecule has 0 radical (unpaired) electrons. The van der Waals surface area contributed by atoms with Gasteiger partial charge in [-0.3, -0.25) is 4.79 Å². The van der Waals surface area contributed by atoms with E-state index in [2.05, 4.69) is 11.4 Å². The molecule has 1 aliphatic rings. The predicted octanol–water partition coefficient (Wildman–Crippen LogP) is 2.49. The van der Waals surface area contributed by atoms with E-state index in [-0.39, 0.29) is 29.0 Å². The van der Waals surface area contributed by atoms with E-state index in [4.69, 9.17) is 9.47 Å². The number of carbonyl (C=O) groups excluding carboxylic acids is 3. The standard InChI is InChI=1S/C21H22N2O5/c1-4-5-10-28-21(26)17-13(2)23-16(12-24)19(20(25)27-3)18(17)15-9-7-6-8-14(15)11-22/h6-9,12,18,23H,4-5,10H2,1-3H3. The molecule has 1 heterocycles. The van der Waals surface area contributed by atoms with E-state index >= 15 is 0 Å². The van der Waals surface area contributed by atoms with Crippen LogP contribution in [-0.4, -0.2) is 31.9 Å². The monoisotopic (exact) mass is 382 g/mol. The summed E-state index contributed by atoms with van der Waals surface area (Å²) in [5.41, 5.74) is 1.22. The Balaban J connectivity index is 2.68. The number of nitriles is 1. The number of esters is 2. The second-order valence-corrected chi connectivity index (χ2v) is 6.22. The molecule has 2 rings (SSSR count). The van der Waals surface area contributed by atoms with Crippen molar-refractivity contribution in [3.05, 3.63) is 57.9 Å². The molecule has 1 N–H and O–H groups in total. The third-order valence-corrected chi connectivity index (χ3v) is 4.46. The maximum absolute atomic E-state index is 12.9. The number of nitrogens with one attached hydrogen (secondary N) is 1. The molecule has 1 aromatic rings. The molecular weight excluding hydrogens is 360 g/mol. The van der Waals surface area contributed by atoms with Gasteiger partial charge < -0.3 is 14.8 Å². The largest absolute Gasteiger partial charge is 0.466 e. The number of nitrogens with zero attached hydrogens (tertiary/aromatic N) is 1. The molecule has 7 heteroatoms. The van der Waals surface area contributed by atoms with Gasteiger partial charge >= 0.3 is 11.9 Å². The summed E-state index contributed by atoms with van der Waals surface area (Å²) in [4.78, 5) is 37.0. The van der Waals surface area contributed by atoms with Gasteiger partial charge in [0.05, 0.1) is 48.1 Å². The third kappa shape index (κ3) is 4.12. The summed E-state index contributed by atoms with van der Waals surface area (Å²) in [6.07, 6.45) is 2.05. The molecule has 1 aromatic carbocycles. The van der Waals surface area contributed by atoms with Crippen molar-refractivity contribution in [2.45, 2.75) is 32.6 Å². The second kappa shape index (κ2) is 9.51. The first kappa shape index (κ1) is 20.9. The molecule has 0 aromatic heterocycles. The van der Waals surface area contributed by atoms with Crippen LogP contribution in [0.15, 0.2) is 46.8 Å². The number of aldehydes is 1. The molecule has 0 aliphatic carbocycles. The molecule has 1 unspecified atom stereocenters. The normalized spacial score (nSPS) is 16.1. The fourth-order valence-electron chi connectivity index (χ4n) is 3.10. The Morgan fingerprint density at radius 2 is 1.96 bits per heavy atom. The van der Waals surface area contributed by atoms with E-state index in [1.165, 1.54) is 7.11 Å². The van der Waals surface area contributed by atoms with Gasteiger partial charge in [0.25, 0.3) is 0 Å². The van der Waals surface area contributed by atoms with Crippen LogP contribution >= 0.6 is 0 Å². The highest BCUT2D eigenvalue weighted by Crippen LogP contribution is 2.40. The lowest BCUT2D eigenvalue weighted by Crippen LogP contribution is -2.34. The number of benzene rings is 1. The number of hydrogen-bond donors (Lipinski definition) is 1. The van der Waals surface area contributed by atoms with E-state index < -0.39 is 17.9 Å². The highest BCUT2D eigenvalue weighted by Gasteiger charge is 2.39. The molecule has 0 fully saturated rings. The summed E-state index contributed by atoms with van der Waals surface area (Å²) in [6.45, 7) is 3.83. The fourth-order valence-corrected chi connectivity index (χ4v) is 3.10. The Bertz CT molecular complexity index is 892. The van der Waals surface area contributed by atoms with Crippen molar-refractivity contribution in [2.24, 2.45) is 0 Å². The lowest BCUT2D eigenvalue weighted by molar-refractivity contribution is -0.139. The van der Waals surface area contributed by atoms with Gasteiger partial charge in [0, 0.05) is 5.70 Å². The van der Waals surface area contributed by atoms with Gasteiger partial charge in [0.15, 0.2) is 6.29 Å². The van der Waals surface area contributed by atoms with Crippen LogP contribution < -0.4 is 5.32 Å². The molecule has 1 aliphatic heterocycles. The minimum absolute atomic E-state index is 0.00722. The van der Waals surface area contributed by atoms with Gasteiger partial charge in [-0.2, -0.15) is 5.26 Å². The van der Waals surface area contributed by atoms with Crippen molar-refractivity contribution in [1.82, 2.24) is 5.32 Å². The van der Waals surface area contributed by atoms with E-state index in [0.29, 0.717) is 24.0 Å². The SMILES string of the molecule is CCCCOC(=O)C1=C(C)NC(C=O)=C(C(=O)OC)C1c1ccccc1C#N. The zero-order valence-electron chi connectivity index (χ0n) is 16.1. The van der Waals surface area contributed by atoms with Crippen molar-refractivity contribution >= 4 is 18.2 Å². The van der Waals surface area contributed by atoms with Crippen LogP contribution in [0.2, 0.25) is 0 Å². The van der Waals surface area contributed by atoms with Crippen molar-refractivity contribution in [2.75, 3.05) is 13.7 Å². The van der Waals surface area contributed by atoms with Crippen molar-refractivity contribution in [3.8, 4) is 6.07 Å². The molecule has 0 amide bonds. The van der Waals surface area contributed by atoms with Gasteiger partial charge in [0.2, 0.25) is 0 Å². The van der Waals surface area contributed by atoms with Crippen LogP contribution in [-0.2, 0) is 23.9 Å². The van der Waals surface area contributed by atoms with Crippen LogP contribution in [0.25, 0.3) is 0 Å². The molecule has 0 saturated heterocycles. The van der Waals surface area contributed by atoms with Gasteiger partial charge in [-0.25, -0.2) is 9.59 Å². The van der Waals surface area contributed by atoms with Gasteiger partial charge in [-0.1, -0.05) is 31.5 Å². The van der Waals surface area contributed by atoms with Crippen LogP contribution in [0.3, 0.4) is 0 Å². The van der Waals surface area contributed by atoms with E-state index in [1.807, 2.05) is 6.92 Å². The molecule has 146 valence electrons. The molecule has 0 spiro atoms. The summed E-state index contributed by atoms with van der Waals surface area (Å²) < 4.78 is 10.2. The van der Waals surface area contributed by atoms with E-state index in [9.17, 15) is 19.6 Å². The average Bonchev–Trinajstić information content (AvgIpc) is 2.72. The third-order valence-electron chi connectivity index (χ3n) is 4.46. The number of dihydropyridines is 1. The number of allylic oxidation sites excluding steroid dienone is 2. The molecule has 0 bridgehead atoms. The minimum Gasteiger partial charge on any atom is -0.466 e. The summed E-state index contributed by atoms with van der Waals surface area (Å²) in [7, 11) is 1.19. The Kier molecular flexibility index (Phi) is 7.10. The fraction of sp³-hybridized carbons (Fsp3) is 0.333. The number of carbonyl (C=O) groups is 3. The number of hydrogen-bond acceptors (Lipinski definition) is 7. The summed E-state index contributed by atoms with van der Waals surface area (Å²) in [5, 5.41) is 12.3.